The highest BCUT2D eigenvalue weighted by molar-refractivity contribution is 5.85. The van der Waals surface area contributed by atoms with Gasteiger partial charge in [0.1, 0.15) is 0 Å². The van der Waals surface area contributed by atoms with E-state index in [1.165, 1.54) is 24.8 Å². The summed E-state index contributed by atoms with van der Waals surface area (Å²) < 4.78 is 0. The van der Waals surface area contributed by atoms with E-state index in [9.17, 15) is 4.79 Å². The smallest absolute Gasteiger partial charge is 0.227 e. The fourth-order valence-electron chi connectivity index (χ4n) is 4.79. The van der Waals surface area contributed by atoms with Gasteiger partial charge in [-0.15, -0.1) is 12.4 Å². The second kappa shape index (κ2) is 7.38. The standard InChI is InChI=1S/C18H26N4O.ClH/c19-17-15-2-1-14(11-15)16(17)18(23)22-9-7-21(8-10-22)12-13-3-5-20-6-4-13;/h3-6,14-17H,1-2,7-12,19H2;1H. The Morgan fingerprint density at radius 3 is 2.42 bits per heavy atom. The largest absolute Gasteiger partial charge is 0.340 e. The van der Waals surface area contributed by atoms with E-state index in [1.54, 1.807) is 0 Å². The molecule has 132 valence electrons. The van der Waals surface area contributed by atoms with Gasteiger partial charge >= 0.3 is 0 Å². The van der Waals surface area contributed by atoms with Gasteiger partial charge in [-0.1, -0.05) is 0 Å². The van der Waals surface area contributed by atoms with Crippen LogP contribution in [0, 0.1) is 17.8 Å². The Morgan fingerprint density at radius 2 is 1.79 bits per heavy atom. The van der Waals surface area contributed by atoms with Crippen molar-refractivity contribution in [3.8, 4) is 0 Å². The lowest BCUT2D eigenvalue weighted by atomic mass is 9.84. The molecule has 1 aromatic rings. The van der Waals surface area contributed by atoms with E-state index in [-0.39, 0.29) is 24.4 Å². The third kappa shape index (κ3) is 3.30. The number of amides is 1. The first-order valence-corrected chi connectivity index (χ1v) is 8.88. The van der Waals surface area contributed by atoms with Crippen molar-refractivity contribution in [3.63, 3.8) is 0 Å². The first kappa shape index (κ1) is 17.6. The quantitative estimate of drug-likeness (QED) is 0.897. The van der Waals surface area contributed by atoms with Crippen LogP contribution in [-0.2, 0) is 11.3 Å². The van der Waals surface area contributed by atoms with Crippen molar-refractivity contribution in [2.45, 2.75) is 31.8 Å². The minimum absolute atomic E-state index is 0. The average Bonchev–Trinajstić information content (AvgIpc) is 3.17. The Morgan fingerprint density at radius 1 is 1.12 bits per heavy atom. The number of fused-ring (bicyclic) bond motifs is 2. The summed E-state index contributed by atoms with van der Waals surface area (Å²) in [5, 5.41) is 0. The topological polar surface area (TPSA) is 62.5 Å². The molecule has 1 amide bonds. The third-order valence-electron chi connectivity index (χ3n) is 6.11. The number of nitrogens with zero attached hydrogens (tertiary/aromatic N) is 3. The second-order valence-corrected chi connectivity index (χ2v) is 7.39. The Balaban J connectivity index is 0.00000169. The summed E-state index contributed by atoms with van der Waals surface area (Å²) in [6.45, 7) is 4.52. The molecule has 2 N–H and O–H groups in total. The molecule has 2 bridgehead atoms. The van der Waals surface area contributed by atoms with Crippen LogP contribution in [0.3, 0.4) is 0 Å². The van der Waals surface area contributed by atoms with Crippen LogP contribution in [0.25, 0.3) is 0 Å². The van der Waals surface area contributed by atoms with Gasteiger partial charge in [0.15, 0.2) is 0 Å². The Kier molecular flexibility index (Phi) is 5.42. The molecule has 0 radical (unpaired) electrons. The Bertz CT molecular complexity index is 559. The van der Waals surface area contributed by atoms with Gasteiger partial charge in [0.2, 0.25) is 5.91 Å². The average molecular weight is 351 g/mol. The van der Waals surface area contributed by atoms with Crippen LogP contribution >= 0.6 is 12.4 Å². The zero-order valence-corrected chi connectivity index (χ0v) is 14.8. The maximum absolute atomic E-state index is 12.9. The SMILES string of the molecule is Cl.NC1C2CCC(C2)C1C(=O)N1CCN(Cc2ccncc2)CC1. The van der Waals surface area contributed by atoms with E-state index in [2.05, 4.69) is 26.9 Å². The highest BCUT2D eigenvalue weighted by atomic mass is 35.5. The van der Waals surface area contributed by atoms with Crippen LogP contribution in [0.15, 0.2) is 24.5 Å². The molecule has 0 aromatic carbocycles. The summed E-state index contributed by atoms with van der Waals surface area (Å²) in [5.74, 6) is 1.58. The molecular formula is C18H27ClN4O. The molecule has 2 saturated carbocycles. The molecule has 2 aliphatic carbocycles. The van der Waals surface area contributed by atoms with Crippen LogP contribution in [0.2, 0.25) is 0 Å². The molecular weight excluding hydrogens is 324 g/mol. The lowest BCUT2D eigenvalue weighted by Crippen LogP contribution is -2.53. The summed E-state index contributed by atoms with van der Waals surface area (Å²) >= 11 is 0. The maximum atomic E-state index is 12.9. The highest BCUT2D eigenvalue weighted by Gasteiger charge is 2.50. The van der Waals surface area contributed by atoms with Gasteiger partial charge in [-0.25, -0.2) is 0 Å². The number of carbonyl (C=O) groups excluding carboxylic acids is 1. The molecule has 1 aromatic heterocycles. The van der Waals surface area contributed by atoms with Crippen LogP contribution in [0.4, 0.5) is 0 Å². The van der Waals surface area contributed by atoms with Gasteiger partial charge in [0, 0.05) is 51.2 Å². The molecule has 24 heavy (non-hydrogen) atoms. The minimum Gasteiger partial charge on any atom is -0.340 e. The molecule has 1 saturated heterocycles. The lowest BCUT2D eigenvalue weighted by Gasteiger charge is -2.38. The molecule has 5 nitrogen and oxygen atoms in total. The molecule has 3 aliphatic rings. The van der Waals surface area contributed by atoms with Crippen LogP contribution in [0.5, 0.6) is 0 Å². The van der Waals surface area contributed by atoms with E-state index in [0.717, 1.165) is 32.7 Å². The van der Waals surface area contributed by atoms with E-state index in [1.807, 2.05) is 12.4 Å². The number of piperazine rings is 1. The molecule has 3 fully saturated rings. The number of nitrogens with two attached hydrogens (primary N) is 1. The van der Waals surface area contributed by atoms with Crippen molar-refractivity contribution in [3.05, 3.63) is 30.1 Å². The van der Waals surface area contributed by atoms with E-state index in [4.69, 9.17) is 5.73 Å². The van der Waals surface area contributed by atoms with Gasteiger partial charge in [0.05, 0.1) is 5.92 Å². The molecule has 4 atom stereocenters. The van der Waals surface area contributed by atoms with Gasteiger partial charge in [-0.05, 0) is 48.8 Å². The fourth-order valence-corrected chi connectivity index (χ4v) is 4.79. The highest BCUT2D eigenvalue weighted by Crippen LogP contribution is 2.48. The molecule has 2 heterocycles. The monoisotopic (exact) mass is 350 g/mol. The van der Waals surface area contributed by atoms with Gasteiger partial charge in [0.25, 0.3) is 0 Å². The van der Waals surface area contributed by atoms with E-state index in [0.29, 0.717) is 17.7 Å². The van der Waals surface area contributed by atoms with E-state index >= 15 is 0 Å². The van der Waals surface area contributed by atoms with Crippen molar-refractivity contribution in [2.75, 3.05) is 26.2 Å². The number of rotatable bonds is 3. The normalized spacial score (nSPS) is 32.6. The number of hydrogen-bond donors (Lipinski definition) is 1. The molecule has 4 unspecified atom stereocenters. The van der Waals surface area contributed by atoms with Crippen molar-refractivity contribution in [1.82, 2.24) is 14.8 Å². The third-order valence-corrected chi connectivity index (χ3v) is 6.11. The van der Waals surface area contributed by atoms with Crippen LogP contribution in [0.1, 0.15) is 24.8 Å². The maximum Gasteiger partial charge on any atom is 0.227 e. The zero-order valence-electron chi connectivity index (χ0n) is 14.0. The number of aromatic nitrogens is 1. The Hall–Kier alpha value is -1.17. The van der Waals surface area contributed by atoms with Gasteiger partial charge in [-0.3, -0.25) is 14.7 Å². The first-order valence-electron chi connectivity index (χ1n) is 8.88. The number of pyridine rings is 1. The van der Waals surface area contributed by atoms with Crippen LogP contribution in [-0.4, -0.2) is 52.9 Å². The van der Waals surface area contributed by atoms with Gasteiger partial charge < -0.3 is 10.6 Å². The minimum atomic E-state index is 0. The molecule has 0 spiro atoms. The number of halogens is 1. The number of hydrogen-bond acceptors (Lipinski definition) is 4. The molecule has 1 aliphatic heterocycles. The predicted molar refractivity (Wildman–Crippen MR) is 95.6 cm³/mol. The fraction of sp³-hybridized carbons (Fsp3) is 0.667. The molecule has 6 heteroatoms. The van der Waals surface area contributed by atoms with Gasteiger partial charge in [-0.2, -0.15) is 0 Å². The lowest BCUT2D eigenvalue weighted by molar-refractivity contribution is -0.139. The van der Waals surface area contributed by atoms with Crippen molar-refractivity contribution in [2.24, 2.45) is 23.5 Å². The first-order chi connectivity index (χ1) is 11.2. The van der Waals surface area contributed by atoms with E-state index < -0.39 is 0 Å². The van der Waals surface area contributed by atoms with Crippen molar-refractivity contribution in [1.29, 1.82) is 0 Å². The molecule has 4 rings (SSSR count). The predicted octanol–water partition coefficient (Wildman–Crippen LogP) is 1.52. The zero-order chi connectivity index (χ0) is 15.8. The number of carbonyl (C=O) groups is 1. The Labute approximate surface area is 150 Å². The van der Waals surface area contributed by atoms with Crippen molar-refractivity contribution < 1.29 is 4.79 Å². The summed E-state index contributed by atoms with van der Waals surface area (Å²) in [7, 11) is 0. The second-order valence-electron chi connectivity index (χ2n) is 7.39. The van der Waals surface area contributed by atoms with Crippen molar-refractivity contribution >= 4 is 18.3 Å². The summed E-state index contributed by atoms with van der Waals surface area (Å²) in [4.78, 5) is 21.4. The van der Waals surface area contributed by atoms with Crippen LogP contribution < -0.4 is 5.73 Å². The summed E-state index contributed by atoms with van der Waals surface area (Å²) in [5.41, 5.74) is 7.62. The summed E-state index contributed by atoms with van der Waals surface area (Å²) in [6, 6.07) is 4.23. The summed E-state index contributed by atoms with van der Waals surface area (Å²) in [6.07, 6.45) is 7.29.